The second kappa shape index (κ2) is 4.18. The Kier molecular flexibility index (Phi) is 3.19. The summed E-state index contributed by atoms with van der Waals surface area (Å²) in [6.07, 6.45) is 0. The standard InChI is InChI=1S/C8H11NO3/c1-12-6-7-2-4-8(5-3-7)9(10)11/h2-5,9-10H,6H2,1H3. The van der Waals surface area contributed by atoms with Crippen molar-refractivity contribution in [3.05, 3.63) is 35.0 Å². The summed E-state index contributed by atoms with van der Waals surface area (Å²) < 4.78 is 4.88. The SMILES string of the molecule is COCc1ccc([NH+]([O-])O)cc1. The van der Waals surface area contributed by atoms with Gasteiger partial charge in [0.2, 0.25) is 0 Å². The summed E-state index contributed by atoms with van der Waals surface area (Å²) in [6, 6.07) is 6.62. The molecular weight excluding hydrogens is 158 g/mol. The van der Waals surface area contributed by atoms with Crippen LogP contribution in [-0.2, 0) is 11.3 Å². The Balaban J connectivity index is 2.71. The van der Waals surface area contributed by atoms with Gasteiger partial charge in [-0.25, -0.2) is 5.21 Å². The van der Waals surface area contributed by atoms with Crippen LogP contribution < -0.4 is 5.23 Å². The smallest absolute Gasteiger partial charge is 0.163 e. The molecule has 4 nitrogen and oxygen atoms in total. The van der Waals surface area contributed by atoms with Crippen molar-refractivity contribution in [2.45, 2.75) is 6.61 Å². The van der Waals surface area contributed by atoms with Crippen molar-refractivity contribution < 1.29 is 15.2 Å². The van der Waals surface area contributed by atoms with Crippen molar-refractivity contribution in [1.29, 1.82) is 0 Å². The van der Waals surface area contributed by atoms with Crippen LogP contribution in [0, 0.1) is 5.21 Å². The Bertz CT molecular complexity index is 233. The van der Waals surface area contributed by atoms with Crippen LogP contribution in [0.15, 0.2) is 24.3 Å². The average Bonchev–Trinajstić information content (AvgIpc) is 2.06. The quantitative estimate of drug-likeness (QED) is 0.637. The van der Waals surface area contributed by atoms with Crippen LogP contribution in [-0.4, -0.2) is 12.3 Å². The van der Waals surface area contributed by atoms with Crippen LogP contribution in [0.5, 0.6) is 0 Å². The lowest BCUT2D eigenvalue weighted by Gasteiger charge is -2.11. The van der Waals surface area contributed by atoms with Gasteiger partial charge in [-0.2, -0.15) is 5.23 Å². The van der Waals surface area contributed by atoms with Crippen molar-refractivity contribution in [2.75, 3.05) is 7.11 Å². The number of nitrogens with one attached hydrogen (secondary N) is 1. The fraction of sp³-hybridized carbons (Fsp3) is 0.250. The fourth-order valence-corrected chi connectivity index (χ4v) is 0.910. The van der Waals surface area contributed by atoms with Gasteiger partial charge in [0.1, 0.15) is 0 Å². The number of rotatable bonds is 3. The molecule has 2 N–H and O–H groups in total. The van der Waals surface area contributed by atoms with Gasteiger partial charge >= 0.3 is 0 Å². The minimum absolute atomic E-state index is 0.301. The molecule has 0 aliphatic rings. The zero-order valence-electron chi connectivity index (χ0n) is 6.78. The van der Waals surface area contributed by atoms with Gasteiger partial charge in [0.25, 0.3) is 0 Å². The summed E-state index contributed by atoms with van der Waals surface area (Å²) in [5.41, 5.74) is 1.28. The van der Waals surface area contributed by atoms with E-state index in [9.17, 15) is 5.21 Å². The predicted molar refractivity (Wildman–Crippen MR) is 42.9 cm³/mol. The molecule has 1 aromatic carbocycles. The zero-order chi connectivity index (χ0) is 8.97. The molecule has 0 saturated carbocycles. The zero-order valence-corrected chi connectivity index (χ0v) is 6.78. The first-order chi connectivity index (χ1) is 5.74. The van der Waals surface area contributed by atoms with Gasteiger partial charge in [-0.3, -0.25) is 0 Å². The average molecular weight is 169 g/mol. The largest absolute Gasteiger partial charge is 0.595 e. The third-order valence-electron chi connectivity index (χ3n) is 1.51. The topological polar surface area (TPSA) is 57.0 Å². The summed E-state index contributed by atoms with van der Waals surface area (Å²) in [5, 5.41) is 18.1. The second-order valence-corrected chi connectivity index (χ2v) is 2.44. The van der Waals surface area contributed by atoms with Crippen LogP contribution in [0.3, 0.4) is 0 Å². The molecule has 1 atom stereocenters. The minimum atomic E-state index is -0.904. The van der Waals surface area contributed by atoms with E-state index in [-0.39, 0.29) is 0 Å². The molecule has 0 fully saturated rings. The number of benzene rings is 1. The molecule has 0 amide bonds. The third-order valence-corrected chi connectivity index (χ3v) is 1.51. The van der Waals surface area contributed by atoms with Gasteiger partial charge in [-0.05, 0) is 5.56 Å². The molecule has 0 heterocycles. The maximum atomic E-state index is 10.4. The van der Waals surface area contributed by atoms with Crippen molar-refractivity contribution in [3.63, 3.8) is 0 Å². The first-order valence-corrected chi connectivity index (χ1v) is 3.55. The second-order valence-electron chi connectivity index (χ2n) is 2.44. The summed E-state index contributed by atoms with van der Waals surface area (Å²) in [5.74, 6) is 0. The monoisotopic (exact) mass is 169 g/mol. The van der Waals surface area contributed by atoms with E-state index in [0.29, 0.717) is 12.3 Å². The molecule has 1 aromatic rings. The normalized spacial score (nSPS) is 12.9. The van der Waals surface area contributed by atoms with Crippen molar-refractivity contribution in [3.8, 4) is 0 Å². The number of methoxy groups -OCH3 is 1. The summed E-state index contributed by atoms with van der Waals surface area (Å²) in [6.45, 7) is 0.514. The molecule has 0 aliphatic heterocycles. The van der Waals surface area contributed by atoms with E-state index < -0.39 is 5.23 Å². The lowest BCUT2D eigenvalue weighted by atomic mass is 10.2. The molecule has 4 heteroatoms. The highest BCUT2D eigenvalue weighted by Crippen LogP contribution is 2.05. The Morgan fingerprint density at radius 1 is 1.42 bits per heavy atom. The molecule has 0 radical (unpaired) electrons. The molecule has 0 aliphatic carbocycles. The van der Waals surface area contributed by atoms with Gasteiger partial charge in [0, 0.05) is 19.2 Å². The van der Waals surface area contributed by atoms with E-state index in [4.69, 9.17) is 9.94 Å². The lowest BCUT2D eigenvalue weighted by molar-refractivity contribution is -0.991. The van der Waals surface area contributed by atoms with Crippen molar-refractivity contribution >= 4 is 5.69 Å². The van der Waals surface area contributed by atoms with Gasteiger partial charge in [-0.1, -0.05) is 12.1 Å². The van der Waals surface area contributed by atoms with Gasteiger partial charge < -0.3 is 9.94 Å². The predicted octanol–water partition coefficient (Wildman–Crippen LogP) is 0.236. The van der Waals surface area contributed by atoms with E-state index in [1.165, 1.54) is 0 Å². The Morgan fingerprint density at radius 3 is 2.42 bits per heavy atom. The van der Waals surface area contributed by atoms with Crippen molar-refractivity contribution in [1.82, 2.24) is 0 Å². The van der Waals surface area contributed by atoms with E-state index in [1.807, 2.05) is 0 Å². The molecule has 0 bridgehead atoms. The van der Waals surface area contributed by atoms with Gasteiger partial charge in [-0.15, -0.1) is 0 Å². The molecule has 0 saturated heterocycles. The van der Waals surface area contributed by atoms with Gasteiger partial charge in [0.15, 0.2) is 5.69 Å². The van der Waals surface area contributed by atoms with Crippen LogP contribution in [0.2, 0.25) is 0 Å². The van der Waals surface area contributed by atoms with E-state index >= 15 is 0 Å². The Hall–Kier alpha value is -0.940. The Labute approximate surface area is 70.5 Å². The maximum Gasteiger partial charge on any atom is 0.163 e. The van der Waals surface area contributed by atoms with Crippen LogP contribution >= 0.6 is 0 Å². The van der Waals surface area contributed by atoms with E-state index in [2.05, 4.69) is 0 Å². The summed E-state index contributed by atoms with van der Waals surface area (Å²) in [4.78, 5) is 0. The molecule has 1 unspecified atom stereocenters. The molecule has 66 valence electrons. The summed E-state index contributed by atoms with van der Waals surface area (Å²) in [7, 11) is 1.60. The number of quaternary nitrogens is 1. The molecular formula is C8H11NO3. The third kappa shape index (κ3) is 2.28. The van der Waals surface area contributed by atoms with Crippen LogP contribution in [0.4, 0.5) is 5.69 Å². The van der Waals surface area contributed by atoms with E-state index in [1.54, 1.807) is 31.4 Å². The van der Waals surface area contributed by atoms with E-state index in [0.717, 1.165) is 5.56 Å². The Morgan fingerprint density at radius 2 is 2.00 bits per heavy atom. The van der Waals surface area contributed by atoms with Crippen LogP contribution in [0.25, 0.3) is 0 Å². The first kappa shape index (κ1) is 9.15. The summed E-state index contributed by atoms with van der Waals surface area (Å²) >= 11 is 0. The minimum Gasteiger partial charge on any atom is -0.595 e. The highest BCUT2D eigenvalue weighted by atomic mass is 16.8. The number of hydrogen-bond acceptors (Lipinski definition) is 3. The van der Waals surface area contributed by atoms with Gasteiger partial charge in [0.05, 0.1) is 6.61 Å². The molecule has 1 rings (SSSR count). The lowest BCUT2D eigenvalue weighted by Crippen LogP contribution is -2.99. The molecule has 12 heavy (non-hydrogen) atoms. The van der Waals surface area contributed by atoms with Crippen LogP contribution in [0.1, 0.15) is 5.56 Å². The highest BCUT2D eigenvalue weighted by molar-refractivity contribution is 5.31. The fourth-order valence-electron chi connectivity index (χ4n) is 0.910. The number of ether oxygens (including phenoxy) is 1. The van der Waals surface area contributed by atoms with Crippen molar-refractivity contribution in [2.24, 2.45) is 0 Å². The molecule has 0 spiro atoms. The molecule has 0 aromatic heterocycles. The maximum absolute atomic E-state index is 10.4. The first-order valence-electron chi connectivity index (χ1n) is 3.55. The highest BCUT2D eigenvalue weighted by Gasteiger charge is 1.98. The number of hydrogen-bond donors (Lipinski definition) is 2.